The molecule has 2 N–H and O–H groups in total. The van der Waals surface area contributed by atoms with Crippen molar-refractivity contribution in [1.82, 2.24) is 25.4 Å². The molecule has 29 heavy (non-hydrogen) atoms. The fourth-order valence-electron chi connectivity index (χ4n) is 3.35. The van der Waals surface area contributed by atoms with Gasteiger partial charge in [0.05, 0.1) is 6.20 Å². The molecule has 9 nitrogen and oxygen atoms in total. The second-order valence-corrected chi connectivity index (χ2v) is 6.95. The molecule has 2 heterocycles. The highest BCUT2D eigenvalue weighted by Gasteiger charge is 2.24. The molecular weight excluding hydrogens is 372 g/mol. The lowest BCUT2D eigenvalue weighted by Crippen LogP contribution is -2.41. The third-order valence-electron chi connectivity index (χ3n) is 4.74. The van der Waals surface area contributed by atoms with Crippen molar-refractivity contribution in [2.75, 3.05) is 5.32 Å². The number of carbonyl (C=O) groups is 1. The third-order valence-corrected chi connectivity index (χ3v) is 4.74. The van der Waals surface area contributed by atoms with Crippen LogP contribution in [0.4, 0.5) is 10.5 Å². The largest absolute Gasteiger partial charge is 0.473 e. The second-order valence-electron chi connectivity index (χ2n) is 6.95. The van der Waals surface area contributed by atoms with Crippen molar-refractivity contribution < 1.29 is 14.1 Å². The molecule has 150 valence electrons. The molecule has 0 aliphatic heterocycles. The van der Waals surface area contributed by atoms with Gasteiger partial charge in [0.15, 0.2) is 0 Å². The van der Waals surface area contributed by atoms with E-state index < -0.39 is 0 Å². The SMILES string of the molecule is Cc1nc(-c2cccc(NC(=O)NC3CCC(Oc4cnccn4)CC3)c2)no1. The number of urea groups is 1. The molecule has 1 fully saturated rings. The molecule has 0 unspecified atom stereocenters. The third kappa shape index (κ3) is 5.07. The van der Waals surface area contributed by atoms with Crippen LogP contribution in [0.5, 0.6) is 5.88 Å². The van der Waals surface area contributed by atoms with Gasteiger partial charge in [0, 0.05) is 36.6 Å². The molecule has 0 spiro atoms. The normalized spacial score (nSPS) is 18.8. The molecule has 0 saturated heterocycles. The van der Waals surface area contributed by atoms with E-state index >= 15 is 0 Å². The highest BCUT2D eigenvalue weighted by molar-refractivity contribution is 5.90. The lowest BCUT2D eigenvalue weighted by Gasteiger charge is -2.29. The van der Waals surface area contributed by atoms with Gasteiger partial charge in [0.25, 0.3) is 0 Å². The van der Waals surface area contributed by atoms with E-state index in [2.05, 4.69) is 30.7 Å². The summed E-state index contributed by atoms with van der Waals surface area (Å²) in [6.45, 7) is 1.74. The van der Waals surface area contributed by atoms with E-state index in [4.69, 9.17) is 9.26 Å². The Morgan fingerprint density at radius 2 is 2.07 bits per heavy atom. The van der Waals surface area contributed by atoms with Gasteiger partial charge in [-0.15, -0.1) is 0 Å². The van der Waals surface area contributed by atoms with Crippen LogP contribution in [0.3, 0.4) is 0 Å². The summed E-state index contributed by atoms with van der Waals surface area (Å²) in [6.07, 6.45) is 8.35. The van der Waals surface area contributed by atoms with E-state index in [1.807, 2.05) is 24.3 Å². The minimum atomic E-state index is -0.232. The average molecular weight is 394 g/mol. The molecule has 1 aliphatic carbocycles. The van der Waals surface area contributed by atoms with Crippen LogP contribution < -0.4 is 15.4 Å². The molecule has 0 radical (unpaired) electrons. The van der Waals surface area contributed by atoms with Crippen molar-refractivity contribution in [3.8, 4) is 17.3 Å². The maximum Gasteiger partial charge on any atom is 0.319 e. The maximum absolute atomic E-state index is 12.4. The van der Waals surface area contributed by atoms with E-state index in [0.717, 1.165) is 31.2 Å². The Morgan fingerprint density at radius 3 is 2.79 bits per heavy atom. The first-order valence-corrected chi connectivity index (χ1v) is 9.56. The van der Waals surface area contributed by atoms with Crippen molar-refractivity contribution in [2.45, 2.75) is 44.8 Å². The van der Waals surface area contributed by atoms with Crippen LogP contribution >= 0.6 is 0 Å². The van der Waals surface area contributed by atoms with Gasteiger partial charge in [-0.2, -0.15) is 4.98 Å². The maximum atomic E-state index is 12.4. The van der Waals surface area contributed by atoms with Crippen LogP contribution in [-0.4, -0.2) is 38.3 Å². The van der Waals surface area contributed by atoms with E-state index in [9.17, 15) is 4.79 Å². The Balaban J connectivity index is 1.26. The van der Waals surface area contributed by atoms with Crippen molar-refractivity contribution in [3.63, 3.8) is 0 Å². The van der Waals surface area contributed by atoms with Crippen LogP contribution in [0.1, 0.15) is 31.6 Å². The number of amides is 2. The molecular formula is C20H22N6O3. The minimum Gasteiger partial charge on any atom is -0.473 e. The zero-order valence-electron chi connectivity index (χ0n) is 16.0. The molecule has 2 amide bonds. The van der Waals surface area contributed by atoms with E-state index in [0.29, 0.717) is 23.3 Å². The molecule has 3 aromatic rings. The van der Waals surface area contributed by atoms with Gasteiger partial charge < -0.3 is 19.9 Å². The van der Waals surface area contributed by atoms with Crippen LogP contribution in [0, 0.1) is 6.92 Å². The molecule has 2 aromatic heterocycles. The summed E-state index contributed by atoms with van der Waals surface area (Å²) in [6, 6.07) is 7.22. The average Bonchev–Trinajstić information content (AvgIpc) is 3.17. The number of hydrogen-bond acceptors (Lipinski definition) is 7. The quantitative estimate of drug-likeness (QED) is 0.682. The Labute approximate surface area is 167 Å². The summed E-state index contributed by atoms with van der Waals surface area (Å²) >= 11 is 0. The summed E-state index contributed by atoms with van der Waals surface area (Å²) < 4.78 is 10.8. The number of nitrogens with one attached hydrogen (secondary N) is 2. The van der Waals surface area contributed by atoms with E-state index in [1.54, 1.807) is 25.5 Å². The first-order chi connectivity index (χ1) is 14.2. The molecule has 0 bridgehead atoms. The van der Waals surface area contributed by atoms with Crippen LogP contribution in [-0.2, 0) is 0 Å². The van der Waals surface area contributed by atoms with Crippen molar-refractivity contribution in [3.05, 3.63) is 48.7 Å². The zero-order chi connectivity index (χ0) is 20.1. The predicted molar refractivity (Wildman–Crippen MR) is 105 cm³/mol. The number of hydrogen-bond donors (Lipinski definition) is 2. The first kappa shape index (κ1) is 18.9. The highest BCUT2D eigenvalue weighted by atomic mass is 16.5. The fraction of sp³-hybridized carbons (Fsp3) is 0.350. The molecule has 1 aromatic carbocycles. The molecule has 4 rings (SSSR count). The Bertz CT molecular complexity index is 954. The Morgan fingerprint density at radius 1 is 1.21 bits per heavy atom. The molecule has 0 atom stereocenters. The number of nitrogens with zero attached hydrogens (tertiary/aromatic N) is 4. The van der Waals surface area contributed by atoms with Crippen molar-refractivity contribution in [1.29, 1.82) is 0 Å². The monoisotopic (exact) mass is 394 g/mol. The summed E-state index contributed by atoms with van der Waals surface area (Å²) in [5.41, 5.74) is 1.45. The van der Waals surface area contributed by atoms with Crippen LogP contribution in [0.25, 0.3) is 11.4 Å². The summed E-state index contributed by atoms with van der Waals surface area (Å²) in [7, 11) is 0. The molecule has 1 aliphatic rings. The van der Waals surface area contributed by atoms with E-state index in [1.165, 1.54) is 0 Å². The number of aryl methyl sites for hydroxylation is 1. The van der Waals surface area contributed by atoms with Gasteiger partial charge in [-0.3, -0.25) is 4.98 Å². The highest BCUT2D eigenvalue weighted by Crippen LogP contribution is 2.23. The Kier molecular flexibility index (Phi) is 5.64. The van der Waals surface area contributed by atoms with Gasteiger partial charge in [-0.25, -0.2) is 9.78 Å². The second kappa shape index (κ2) is 8.68. The van der Waals surface area contributed by atoms with Crippen molar-refractivity contribution in [2.24, 2.45) is 0 Å². The number of carbonyl (C=O) groups excluding carboxylic acids is 1. The Hall–Kier alpha value is -3.49. The fourth-order valence-corrected chi connectivity index (χ4v) is 3.35. The van der Waals surface area contributed by atoms with Gasteiger partial charge in [-0.1, -0.05) is 17.3 Å². The predicted octanol–water partition coefficient (Wildman–Crippen LogP) is 3.35. The number of benzene rings is 1. The summed E-state index contributed by atoms with van der Waals surface area (Å²) in [4.78, 5) is 24.7. The van der Waals surface area contributed by atoms with Gasteiger partial charge in [0.1, 0.15) is 6.10 Å². The zero-order valence-corrected chi connectivity index (χ0v) is 16.0. The van der Waals surface area contributed by atoms with Crippen molar-refractivity contribution >= 4 is 11.7 Å². The van der Waals surface area contributed by atoms with Gasteiger partial charge >= 0.3 is 6.03 Å². The number of rotatable bonds is 5. The summed E-state index contributed by atoms with van der Waals surface area (Å²) in [5.74, 6) is 1.53. The molecule has 9 heteroatoms. The summed E-state index contributed by atoms with van der Waals surface area (Å²) in [5, 5.41) is 9.81. The number of aromatic nitrogens is 4. The first-order valence-electron chi connectivity index (χ1n) is 9.56. The van der Waals surface area contributed by atoms with Crippen LogP contribution in [0.2, 0.25) is 0 Å². The topological polar surface area (TPSA) is 115 Å². The standard InChI is InChI=1S/C20H22N6O3/c1-13-23-19(26-29-13)14-3-2-4-16(11-14)25-20(27)24-15-5-7-17(8-6-15)28-18-12-21-9-10-22-18/h2-4,9-12,15,17H,5-8H2,1H3,(H2,24,25,27). The van der Waals surface area contributed by atoms with E-state index in [-0.39, 0.29) is 18.2 Å². The molecule has 1 saturated carbocycles. The van der Waals surface area contributed by atoms with Crippen LogP contribution in [0.15, 0.2) is 47.4 Å². The van der Waals surface area contributed by atoms with Gasteiger partial charge in [-0.05, 0) is 37.8 Å². The minimum absolute atomic E-state index is 0.0999. The smallest absolute Gasteiger partial charge is 0.319 e. The van der Waals surface area contributed by atoms with Gasteiger partial charge in [0.2, 0.25) is 17.6 Å². The number of anilines is 1. The number of ether oxygens (including phenoxy) is 1. The lowest BCUT2D eigenvalue weighted by molar-refractivity contribution is 0.135. The lowest BCUT2D eigenvalue weighted by atomic mass is 9.93.